The van der Waals surface area contributed by atoms with E-state index in [1.807, 2.05) is 31.2 Å². The molecular formula is C29H31N5O4. The Morgan fingerprint density at radius 2 is 2.00 bits per heavy atom. The topological polar surface area (TPSA) is 102 Å². The zero-order valence-electron chi connectivity index (χ0n) is 21.8. The molecule has 1 N–H and O–H groups in total. The summed E-state index contributed by atoms with van der Waals surface area (Å²) in [6.45, 7) is 9.31. The molecule has 3 aromatic carbocycles. The fraction of sp³-hybridized carbons (Fsp3) is 0.310. The van der Waals surface area contributed by atoms with Gasteiger partial charge in [0.25, 0.3) is 5.70 Å². The molecule has 0 amide bonds. The summed E-state index contributed by atoms with van der Waals surface area (Å²) < 4.78 is 12.3. The van der Waals surface area contributed by atoms with Crippen LogP contribution in [0.15, 0.2) is 82.7 Å². The van der Waals surface area contributed by atoms with E-state index < -0.39 is 10.5 Å². The number of rotatable bonds is 8. The van der Waals surface area contributed by atoms with E-state index >= 15 is 0 Å². The number of benzene rings is 3. The van der Waals surface area contributed by atoms with Gasteiger partial charge in [0, 0.05) is 55.3 Å². The van der Waals surface area contributed by atoms with Crippen LogP contribution in [0.4, 0.5) is 17.1 Å². The molecule has 9 heteroatoms. The predicted octanol–water partition coefficient (Wildman–Crippen LogP) is 7.25. The van der Waals surface area contributed by atoms with Crippen LogP contribution >= 0.6 is 0 Å². The maximum atomic E-state index is 11.1. The van der Waals surface area contributed by atoms with Gasteiger partial charge in [-0.2, -0.15) is 10.2 Å². The number of ether oxygens (including phenoxy) is 2. The number of nitrogens with one attached hydrogen (secondary N) is 1. The van der Waals surface area contributed by atoms with Gasteiger partial charge in [0.15, 0.2) is 5.75 Å². The Morgan fingerprint density at radius 3 is 2.74 bits per heavy atom. The average Bonchev–Trinajstić information content (AvgIpc) is 2.93. The Hall–Kier alpha value is -4.40. The first-order valence-corrected chi connectivity index (χ1v) is 12.9. The number of fused-ring (bicyclic) bond motifs is 2. The van der Waals surface area contributed by atoms with Crippen molar-refractivity contribution in [3.8, 4) is 17.2 Å². The summed E-state index contributed by atoms with van der Waals surface area (Å²) in [4.78, 5) is 13.0. The SMILES string of the molecule is CCN(CC)c1ccc2c(Oc3cc4c(cc3N=NC3(C)C=CC([N+](=O)[O-])=CC3)OCCN4)cccc2c1. The number of allylic oxidation sites excluding steroid dienone is 1. The number of hydrogen-bond acceptors (Lipinski definition) is 8. The fourth-order valence-electron chi connectivity index (χ4n) is 4.64. The summed E-state index contributed by atoms with van der Waals surface area (Å²) in [6.07, 6.45) is 5.13. The second kappa shape index (κ2) is 10.5. The van der Waals surface area contributed by atoms with Crippen molar-refractivity contribution in [1.82, 2.24) is 0 Å². The molecule has 0 spiro atoms. The van der Waals surface area contributed by atoms with Crippen LogP contribution in [0.2, 0.25) is 0 Å². The molecule has 2 aliphatic rings. The van der Waals surface area contributed by atoms with E-state index in [9.17, 15) is 10.1 Å². The van der Waals surface area contributed by atoms with Gasteiger partial charge in [-0.15, -0.1) is 0 Å². The number of nitrogens with zero attached hydrogens (tertiary/aromatic N) is 4. The van der Waals surface area contributed by atoms with Crippen LogP contribution in [0.25, 0.3) is 10.8 Å². The van der Waals surface area contributed by atoms with Crippen molar-refractivity contribution in [3.63, 3.8) is 0 Å². The molecule has 9 nitrogen and oxygen atoms in total. The van der Waals surface area contributed by atoms with E-state index in [2.05, 4.69) is 58.6 Å². The molecule has 0 radical (unpaired) electrons. The second-order valence-corrected chi connectivity index (χ2v) is 9.51. The van der Waals surface area contributed by atoms with E-state index in [-0.39, 0.29) is 5.70 Å². The molecule has 0 aromatic heterocycles. The summed E-state index contributed by atoms with van der Waals surface area (Å²) in [7, 11) is 0. The monoisotopic (exact) mass is 513 g/mol. The number of anilines is 2. The molecule has 0 fully saturated rings. The van der Waals surface area contributed by atoms with Crippen molar-refractivity contribution in [2.24, 2.45) is 10.2 Å². The van der Waals surface area contributed by atoms with E-state index in [1.54, 1.807) is 12.2 Å². The molecular weight excluding hydrogens is 482 g/mol. The lowest BCUT2D eigenvalue weighted by atomic mass is 9.94. The van der Waals surface area contributed by atoms with Gasteiger partial charge >= 0.3 is 0 Å². The molecule has 0 bridgehead atoms. The van der Waals surface area contributed by atoms with Gasteiger partial charge in [-0.05, 0) is 62.6 Å². The summed E-state index contributed by atoms with van der Waals surface area (Å²) in [6, 6.07) is 16.1. The third kappa shape index (κ3) is 5.18. The molecule has 1 aliphatic carbocycles. The lowest BCUT2D eigenvalue weighted by molar-refractivity contribution is -0.419. The highest BCUT2D eigenvalue weighted by atomic mass is 16.6. The Morgan fingerprint density at radius 1 is 1.16 bits per heavy atom. The summed E-state index contributed by atoms with van der Waals surface area (Å²) >= 11 is 0. The van der Waals surface area contributed by atoms with Crippen molar-refractivity contribution < 1.29 is 14.4 Å². The van der Waals surface area contributed by atoms with Crippen LogP contribution in [0.1, 0.15) is 27.2 Å². The van der Waals surface area contributed by atoms with Gasteiger partial charge in [0.1, 0.15) is 29.3 Å². The molecule has 5 rings (SSSR count). The van der Waals surface area contributed by atoms with Crippen molar-refractivity contribution in [1.29, 1.82) is 0 Å². The smallest absolute Gasteiger partial charge is 0.265 e. The highest BCUT2D eigenvalue weighted by Crippen LogP contribution is 2.43. The second-order valence-electron chi connectivity index (χ2n) is 9.51. The quantitative estimate of drug-likeness (QED) is 0.193. The molecule has 196 valence electrons. The zero-order valence-corrected chi connectivity index (χ0v) is 21.8. The molecule has 1 aliphatic heterocycles. The number of hydrogen-bond donors (Lipinski definition) is 1. The maximum absolute atomic E-state index is 11.1. The van der Waals surface area contributed by atoms with E-state index in [0.717, 1.165) is 29.5 Å². The summed E-state index contributed by atoms with van der Waals surface area (Å²) in [5.74, 6) is 1.93. The van der Waals surface area contributed by atoms with Gasteiger partial charge in [0.05, 0.1) is 10.6 Å². The van der Waals surface area contributed by atoms with Crippen LogP contribution < -0.4 is 19.7 Å². The standard InChI is InChI=1S/C29H31N5O4/c1-4-33(5-2)22-9-10-23-20(17-22)7-6-8-26(23)38-28-18-24-27(37-16-15-30-24)19-25(28)31-32-29(3)13-11-21(12-14-29)34(35)36/h6-13,17-19,30H,4-5,14-16H2,1-3H3. The highest BCUT2D eigenvalue weighted by Gasteiger charge is 2.26. The lowest BCUT2D eigenvalue weighted by Crippen LogP contribution is -2.21. The molecule has 1 atom stereocenters. The van der Waals surface area contributed by atoms with Crippen molar-refractivity contribution in [2.75, 3.05) is 36.5 Å². The molecule has 1 unspecified atom stereocenters. The Labute approximate surface area is 221 Å². The van der Waals surface area contributed by atoms with E-state index in [0.29, 0.717) is 42.5 Å². The third-order valence-electron chi connectivity index (χ3n) is 6.84. The minimum Gasteiger partial charge on any atom is -0.490 e. The minimum absolute atomic E-state index is 0.0649. The third-order valence-corrected chi connectivity index (χ3v) is 6.84. The van der Waals surface area contributed by atoms with Crippen LogP contribution in [-0.2, 0) is 0 Å². The van der Waals surface area contributed by atoms with Crippen molar-refractivity contribution in [2.45, 2.75) is 32.7 Å². The van der Waals surface area contributed by atoms with Crippen LogP contribution in [-0.4, -0.2) is 36.7 Å². The fourth-order valence-corrected chi connectivity index (χ4v) is 4.64. The summed E-state index contributed by atoms with van der Waals surface area (Å²) in [5, 5.41) is 25.6. The van der Waals surface area contributed by atoms with Gasteiger partial charge in [-0.3, -0.25) is 10.1 Å². The van der Waals surface area contributed by atoms with Gasteiger partial charge in [0.2, 0.25) is 0 Å². The zero-order chi connectivity index (χ0) is 26.7. The predicted molar refractivity (Wildman–Crippen MR) is 150 cm³/mol. The van der Waals surface area contributed by atoms with Gasteiger partial charge < -0.3 is 19.7 Å². The minimum atomic E-state index is -0.702. The molecule has 1 heterocycles. The number of nitro groups is 1. The Kier molecular flexibility index (Phi) is 7.00. The Balaban J connectivity index is 1.50. The molecule has 0 saturated heterocycles. The van der Waals surface area contributed by atoms with Crippen LogP contribution in [0.3, 0.4) is 0 Å². The van der Waals surface area contributed by atoms with E-state index in [4.69, 9.17) is 9.47 Å². The summed E-state index contributed by atoms with van der Waals surface area (Å²) in [5.41, 5.74) is 1.88. The van der Waals surface area contributed by atoms with Crippen LogP contribution in [0, 0.1) is 10.1 Å². The van der Waals surface area contributed by atoms with Crippen molar-refractivity contribution >= 4 is 27.8 Å². The molecule has 0 saturated carbocycles. The first-order chi connectivity index (χ1) is 18.4. The number of azo groups is 1. The first-order valence-electron chi connectivity index (χ1n) is 12.9. The van der Waals surface area contributed by atoms with Crippen molar-refractivity contribution in [3.05, 3.63) is 82.6 Å². The van der Waals surface area contributed by atoms with Gasteiger partial charge in [-0.25, -0.2) is 0 Å². The van der Waals surface area contributed by atoms with Crippen LogP contribution in [0.5, 0.6) is 17.2 Å². The molecule has 3 aromatic rings. The lowest BCUT2D eigenvalue weighted by Gasteiger charge is -2.23. The normalized spacial score (nSPS) is 18.4. The van der Waals surface area contributed by atoms with E-state index in [1.165, 1.54) is 11.8 Å². The van der Waals surface area contributed by atoms with Gasteiger partial charge in [-0.1, -0.05) is 12.1 Å². The maximum Gasteiger partial charge on any atom is 0.265 e. The molecule has 38 heavy (non-hydrogen) atoms. The largest absolute Gasteiger partial charge is 0.490 e. The Bertz CT molecular complexity index is 1460. The average molecular weight is 514 g/mol. The first kappa shape index (κ1) is 25.3. The highest BCUT2D eigenvalue weighted by molar-refractivity contribution is 5.91.